The zero-order valence-corrected chi connectivity index (χ0v) is 10.9. The Morgan fingerprint density at radius 2 is 2.06 bits per heavy atom. The Bertz CT molecular complexity index is 363. The van der Waals surface area contributed by atoms with Gasteiger partial charge in [-0.1, -0.05) is 31.9 Å². The summed E-state index contributed by atoms with van der Waals surface area (Å²) in [5, 5.41) is 11.6. The number of benzene rings is 1. The van der Waals surface area contributed by atoms with E-state index >= 15 is 0 Å². The fourth-order valence-electron chi connectivity index (χ4n) is 1.67. The van der Waals surface area contributed by atoms with Crippen molar-refractivity contribution >= 4 is 11.6 Å². The molecule has 1 atom stereocenters. The van der Waals surface area contributed by atoms with E-state index in [-0.39, 0.29) is 12.5 Å². The number of hydrogen-bond donors (Lipinski definition) is 3. The first-order valence-corrected chi connectivity index (χ1v) is 6.43. The average Bonchev–Trinajstić information content (AvgIpc) is 2.38. The molecule has 0 aliphatic rings. The third kappa shape index (κ3) is 4.85. The van der Waals surface area contributed by atoms with Crippen molar-refractivity contribution in [2.75, 3.05) is 11.9 Å². The van der Waals surface area contributed by atoms with Crippen LogP contribution in [-0.4, -0.2) is 23.7 Å². The van der Waals surface area contributed by atoms with E-state index in [4.69, 9.17) is 10.8 Å². The van der Waals surface area contributed by atoms with Crippen molar-refractivity contribution in [1.29, 1.82) is 0 Å². The van der Waals surface area contributed by atoms with Crippen LogP contribution < -0.4 is 11.1 Å². The van der Waals surface area contributed by atoms with Gasteiger partial charge >= 0.3 is 0 Å². The predicted molar refractivity (Wildman–Crippen MR) is 73.4 cm³/mol. The lowest BCUT2D eigenvalue weighted by Gasteiger charge is -2.12. The highest BCUT2D eigenvalue weighted by molar-refractivity contribution is 5.94. The monoisotopic (exact) mass is 250 g/mol. The first kappa shape index (κ1) is 14.7. The number of unbranched alkanes of at least 4 members (excludes halogenated alkanes) is 1. The van der Waals surface area contributed by atoms with E-state index in [0.717, 1.165) is 24.1 Å². The minimum Gasteiger partial charge on any atom is -0.396 e. The zero-order chi connectivity index (χ0) is 13.4. The van der Waals surface area contributed by atoms with Crippen LogP contribution >= 0.6 is 0 Å². The Balaban J connectivity index is 2.48. The summed E-state index contributed by atoms with van der Waals surface area (Å²) in [7, 11) is 0. The minimum atomic E-state index is -0.443. The van der Waals surface area contributed by atoms with Crippen molar-refractivity contribution in [2.24, 2.45) is 5.73 Å². The third-order valence-electron chi connectivity index (χ3n) is 2.83. The van der Waals surface area contributed by atoms with Crippen LogP contribution in [0.3, 0.4) is 0 Å². The van der Waals surface area contributed by atoms with Crippen LogP contribution in [0.15, 0.2) is 24.3 Å². The number of anilines is 1. The number of nitrogens with one attached hydrogen (secondary N) is 1. The number of carbonyl (C=O) groups excluding carboxylic acids is 1. The maximum atomic E-state index is 11.8. The minimum absolute atomic E-state index is 0.133. The van der Waals surface area contributed by atoms with Gasteiger partial charge in [0.15, 0.2) is 0 Å². The van der Waals surface area contributed by atoms with Gasteiger partial charge in [0.2, 0.25) is 5.91 Å². The van der Waals surface area contributed by atoms with E-state index in [1.165, 1.54) is 0 Å². The SMILES string of the molecule is CCCCC(N)C(=O)Nc1ccc(CCO)cc1. The highest BCUT2D eigenvalue weighted by Crippen LogP contribution is 2.11. The van der Waals surface area contributed by atoms with Gasteiger partial charge in [-0.05, 0) is 30.5 Å². The maximum absolute atomic E-state index is 11.8. The summed E-state index contributed by atoms with van der Waals surface area (Å²) >= 11 is 0. The fraction of sp³-hybridized carbons (Fsp3) is 0.500. The number of rotatable bonds is 7. The van der Waals surface area contributed by atoms with Crippen molar-refractivity contribution in [3.8, 4) is 0 Å². The molecule has 0 radical (unpaired) electrons. The van der Waals surface area contributed by atoms with Gasteiger partial charge in [0, 0.05) is 12.3 Å². The normalized spacial score (nSPS) is 12.2. The molecule has 1 rings (SSSR count). The van der Waals surface area contributed by atoms with Crippen LogP contribution in [0.1, 0.15) is 31.7 Å². The molecular formula is C14H22N2O2. The Kier molecular flexibility index (Phi) is 6.39. The van der Waals surface area contributed by atoms with Crippen molar-refractivity contribution in [3.05, 3.63) is 29.8 Å². The lowest BCUT2D eigenvalue weighted by atomic mass is 10.1. The number of aliphatic hydroxyl groups excluding tert-OH is 1. The van der Waals surface area contributed by atoms with Gasteiger partial charge in [-0.2, -0.15) is 0 Å². The summed E-state index contributed by atoms with van der Waals surface area (Å²) in [4.78, 5) is 11.8. The van der Waals surface area contributed by atoms with Gasteiger partial charge in [-0.25, -0.2) is 0 Å². The maximum Gasteiger partial charge on any atom is 0.241 e. The Labute approximate surface area is 108 Å². The highest BCUT2D eigenvalue weighted by Gasteiger charge is 2.12. The Morgan fingerprint density at radius 3 is 2.61 bits per heavy atom. The molecule has 0 saturated heterocycles. The zero-order valence-electron chi connectivity index (χ0n) is 10.9. The molecule has 1 amide bonds. The topological polar surface area (TPSA) is 75.4 Å². The number of hydrogen-bond acceptors (Lipinski definition) is 3. The highest BCUT2D eigenvalue weighted by atomic mass is 16.2. The molecular weight excluding hydrogens is 228 g/mol. The molecule has 0 aromatic heterocycles. The van der Waals surface area contributed by atoms with Crippen molar-refractivity contribution in [3.63, 3.8) is 0 Å². The Morgan fingerprint density at radius 1 is 1.39 bits per heavy atom. The van der Waals surface area contributed by atoms with Crippen LogP contribution in [-0.2, 0) is 11.2 Å². The quantitative estimate of drug-likeness (QED) is 0.689. The lowest BCUT2D eigenvalue weighted by molar-refractivity contribution is -0.117. The summed E-state index contributed by atoms with van der Waals surface area (Å²) in [6, 6.07) is 7.00. The van der Waals surface area contributed by atoms with E-state index in [1.807, 2.05) is 24.3 Å². The third-order valence-corrected chi connectivity index (χ3v) is 2.83. The molecule has 1 aromatic carbocycles. The molecule has 4 nitrogen and oxygen atoms in total. The molecule has 0 fully saturated rings. The first-order chi connectivity index (χ1) is 8.67. The molecule has 18 heavy (non-hydrogen) atoms. The summed E-state index contributed by atoms with van der Waals surface area (Å²) < 4.78 is 0. The molecule has 0 aliphatic carbocycles. The predicted octanol–water partition coefficient (Wildman–Crippen LogP) is 1.68. The van der Waals surface area contributed by atoms with Gasteiger partial charge in [0.05, 0.1) is 6.04 Å². The molecule has 100 valence electrons. The van der Waals surface area contributed by atoms with E-state index in [1.54, 1.807) is 0 Å². The van der Waals surface area contributed by atoms with Crippen LogP contribution in [0.5, 0.6) is 0 Å². The van der Waals surface area contributed by atoms with Gasteiger partial charge in [-0.3, -0.25) is 4.79 Å². The van der Waals surface area contributed by atoms with E-state index < -0.39 is 6.04 Å². The van der Waals surface area contributed by atoms with Gasteiger partial charge in [-0.15, -0.1) is 0 Å². The molecule has 1 unspecified atom stereocenters. The van der Waals surface area contributed by atoms with E-state index in [0.29, 0.717) is 12.8 Å². The molecule has 0 aliphatic heterocycles. The van der Waals surface area contributed by atoms with Crippen LogP contribution in [0.4, 0.5) is 5.69 Å². The lowest BCUT2D eigenvalue weighted by Crippen LogP contribution is -2.35. The summed E-state index contributed by atoms with van der Waals surface area (Å²) in [6.45, 7) is 2.21. The first-order valence-electron chi connectivity index (χ1n) is 6.43. The van der Waals surface area contributed by atoms with Crippen molar-refractivity contribution in [2.45, 2.75) is 38.6 Å². The van der Waals surface area contributed by atoms with E-state index in [2.05, 4.69) is 12.2 Å². The van der Waals surface area contributed by atoms with Gasteiger partial charge in [0.25, 0.3) is 0 Å². The standard InChI is InChI=1S/C14H22N2O2/c1-2-3-4-13(15)14(18)16-12-7-5-11(6-8-12)9-10-17/h5-8,13,17H,2-4,9-10,15H2,1H3,(H,16,18). The average molecular weight is 250 g/mol. The Hall–Kier alpha value is -1.39. The van der Waals surface area contributed by atoms with Crippen LogP contribution in [0.2, 0.25) is 0 Å². The second-order valence-corrected chi connectivity index (χ2v) is 4.41. The summed E-state index contributed by atoms with van der Waals surface area (Å²) in [5.74, 6) is -0.140. The molecule has 0 spiro atoms. The number of amides is 1. The van der Waals surface area contributed by atoms with Crippen LogP contribution in [0, 0.1) is 0 Å². The number of carbonyl (C=O) groups is 1. The smallest absolute Gasteiger partial charge is 0.241 e. The van der Waals surface area contributed by atoms with Crippen molar-refractivity contribution < 1.29 is 9.90 Å². The second kappa shape index (κ2) is 7.84. The molecule has 0 bridgehead atoms. The molecule has 4 N–H and O–H groups in total. The van der Waals surface area contributed by atoms with Crippen molar-refractivity contribution in [1.82, 2.24) is 0 Å². The second-order valence-electron chi connectivity index (χ2n) is 4.41. The molecule has 0 heterocycles. The van der Waals surface area contributed by atoms with Gasteiger partial charge < -0.3 is 16.2 Å². The largest absolute Gasteiger partial charge is 0.396 e. The molecule has 4 heteroatoms. The fourth-order valence-corrected chi connectivity index (χ4v) is 1.67. The molecule has 1 aromatic rings. The number of aliphatic hydroxyl groups is 1. The van der Waals surface area contributed by atoms with Gasteiger partial charge in [0.1, 0.15) is 0 Å². The number of nitrogens with two attached hydrogens (primary N) is 1. The molecule has 0 saturated carbocycles. The summed E-state index contributed by atoms with van der Waals surface area (Å²) in [5.41, 5.74) is 7.57. The summed E-state index contributed by atoms with van der Waals surface area (Å²) in [6.07, 6.45) is 3.34. The van der Waals surface area contributed by atoms with E-state index in [9.17, 15) is 4.79 Å². The van der Waals surface area contributed by atoms with Crippen LogP contribution in [0.25, 0.3) is 0 Å².